The molecule has 1 aromatic carbocycles. The van der Waals surface area contributed by atoms with Crippen molar-refractivity contribution in [2.75, 3.05) is 5.32 Å². The average molecular weight is 431 g/mol. The molecule has 2 N–H and O–H groups in total. The Kier molecular flexibility index (Phi) is 4.98. The van der Waals surface area contributed by atoms with Crippen molar-refractivity contribution in [3.05, 3.63) is 58.2 Å². The molecule has 3 rings (SSSR count). The highest BCUT2D eigenvalue weighted by atomic mass is 79.9. The predicted molar refractivity (Wildman–Crippen MR) is 86.5 cm³/mol. The van der Waals surface area contributed by atoms with Crippen molar-refractivity contribution >= 4 is 27.8 Å². The van der Waals surface area contributed by atoms with Crippen LogP contribution in [0.25, 0.3) is 0 Å². The topological polar surface area (TPSA) is 93.0 Å². The molecule has 0 radical (unpaired) electrons. The number of furan rings is 1. The van der Waals surface area contributed by atoms with Gasteiger partial charge in [-0.15, -0.1) is 5.10 Å². The van der Waals surface area contributed by atoms with Crippen molar-refractivity contribution < 1.29 is 27.1 Å². The summed E-state index contributed by atoms with van der Waals surface area (Å²) in [4.78, 5) is 15.1. The van der Waals surface area contributed by atoms with Crippen LogP contribution >= 0.6 is 15.9 Å². The van der Waals surface area contributed by atoms with E-state index >= 15 is 0 Å². The first-order chi connectivity index (χ1) is 12.3. The summed E-state index contributed by atoms with van der Waals surface area (Å²) in [5.74, 6) is -1.76. The minimum Gasteiger partial charge on any atom is -0.486 e. The van der Waals surface area contributed by atoms with Gasteiger partial charge in [0.25, 0.3) is 5.91 Å². The molecule has 26 heavy (non-hydrogen) atoms. The lowest BCUT2D eigenvalue weighted by atomic mass is 10.3. The van der Waals surface area contributed by atoms with E-state index in [4.69, 9.17) is 9.15 Å². The summed E-state index contributed by atoms with van der Waals surface area (Å²) in [5, 5.41) is 7.09. The second-order valence-corrected chi connectivity index (χ2v) is 5.89. The molecule has 0 aliphatic heterocycles. The number of nitrogens with zero attached hydrogens (tertiary/aromatic N) is 2. The van der Waals surface area contributed by atoms with Crippen LogP contribution in [0.2, 0.25) is 0 Å². The average Bonchev–Trinajstić information content (AvgIpc) is 3.22. The van der Waals surface area contributed by atoms with Gasteiger partial charge >= 0.3 is 6.18 Å². The number of hydrogen-bond donors (Lipinski definition) is 2. The van der Waals surface area contributed by atoms with Gasteiger partial charge in [-0.2, -0.15) is 18.2 Å². The number of anilines is 1. The Balaban J connectivity index is 1.60. The van der Waals surface area contributed by atoms with Crippen LogP contribution in [-0.4, -0.2) is 21.1 Å². The van der Waals surface area contributed by atoms with Gasteiger partial charge in [0.05, 0.1) is 0 Å². The molecular weight excluding hydrogens is 421 g/mol. The van der Waals surface area contributed by atoms with E-state index in [0.29, 0.717) is 11.5 Å². The molecule has 11 heteroatoms. The number of H-pyrrole nitrogens is 1. The Hall–Kier alpha value is -2.82. The van der Waals surface area contributed by atoms with Crippen LogP contribution in [0.5, 0.6) is 5.75 Å². The number of amides is 1. The highest BCUT2D eigenvalue weighted by molar-refractivity contribution is 9.10. The lowest BCUT2D eigenvalue weighted by molar-refractivity contribution is -0.144. The van der Waals surface area contributed by atoms with E-state index in [1.165, 1.54) is 12.1 Å². The lowest BCUT2D eigenvalue weighted by Gasteiger charge is -2.04. The number of aromatic nitrogens is 3. The summed E-state index contributed by atoms with van der Waals surface area (Å²) in [6.45, 7) is 0.0720. The minimum atomic E-state index is -4.68. The van der Waals surface area contributed by atoms with Gasteiger partial charge in [-0.25, -0.2) is 0 Å². The number of ether oxygens (including phenoxy) is 1. The smallest absolute Gasteiger partial charge is 0.451 e. The Morgan fingerprint density at radius 1 is 1.31 bits per heavy atom. The van der Waals surface area contributed by atoms with Gasteiger partial charge in [-0.05, 0) is 30.3 Å². The first-order valence-electron chi connectivity index (χ1n) is 7.09. The molecule has 3 aromatic rings. The first kappa shape index (κ1) is 18.0. The van der Waals surface area contributed by atoms with Gasteiger partial charge in [0.1, 0.15) is 18.1 Å². The molecule has 1 amide bonds. The number of rotatable bonds is 5. The fourth-order valence-electron chi connectivity index (χ4n) is 1.90. The number of halogens is 4. The van der Waals surface area contributed by atoms with Crippen molar-refractivity contribution in [1.29, 1.82) is 0 Å². The molecule has 2 heterocycles. The first-order valence-corrected chi connectivity index (χ1v) is 7.88. The number of carbonyl (C=O) groups is 1. The Bertz CT molecular complexity index is 923. The van der Waals surface area contributed by atoms with Crippen molar-refractivity contribution in [1.82, 2.24) is 15.2 Å². The summed E-state index contributed by atoms with van der Waals surface area (Å²) >= 11 is 3.32. The number of alkyl halides is 3. The maximum absolute atomic E-state index is 12.4. The van der Waals surface area contributed by atoms with Gasteiger partial charge in [-0.3, -0.25) is 15.2 Å². The van der Waals surface area contributed by atoms with E-state index in [0.717, 1.165) is 4.47 Å². The van der Waals surface area contributed by atoms with E-state index in [2.05, 4.69) is 31.3 Å². The molecule has 0 bridgehead atoms. The maximum Gasteiger partial charge on any atom is 0.451 e. The number of benzene rings is 1. The molecule has 0 saturated carbocycles. The largest absolute Gasteiger partial charge is 0.486 e. The summed E-state index contributed by atoms with van der Waals surface area (Å²) in [5.41, 5.74) is 0. The standard InChI is InChI=1S/C15H10BrF3N4O3/c16-8-2-1-3-9(6-8)25-7-10-4-5-11(26-10)12(24)20-14-21-13(22-23-14)15(17,18)19/h1-6H,7H2,(H2,20,21,22,23,24). The van der Waals surface area contributed by atoms with Gasteiger partial charge < -0.3 is 9.15 Å². The minimum absolute atomic E-state index is 0.0720. The van der Waals surface area contributed by atoms with Crippen LogP contribution < -0.4 is 10.1 Å². The summed E-state index contributed by atoms with van der Waals surface area (Å²) in [6, 6.07) is 10.0. The fraction of sp³-hybridized carbons (Fsp3) is 0.133. The second kappa shape index (κ2) is 7.20. The predicted octanol–water partition coefficient (Wildman–Crippen LogP) is 4.01. The normalized spacial score (nSPS) is 11.4. The molecule has 2 aromatic heterocycles. The van der Waals surface area contributed by atoms with E-state index in [1.807, 2.05) is 6.07 Å². The Morgan fingerprint density at radius 3 is 2.81 bits per heavy atom. The zero-order valence-corrected chi connectivity index (χ0v) is 14.4. The molecule has 0 saturated heterocycles. The molecule has 0 aliphatic rings. The van der Waals surface area contributed by atoms with Gasteiger partial charge in [0.15, 0.2) is 5.76 Å². The molecule has 0 spiro atoms. The highest BCUT2D eigenvalue weighted by Gasteiger charge is 2.35. The zero-order chi connectivity index (χ0) is 18.7. The second-order valence-electron chi connectivity index (χ2n) is 4.97. The monoisotopic (exact) mass is 430 g/mol. The quantitative estimate of drug-likeness (QED) is 0.637. The number of nitrogens with one attached hydrogen (secondary N) is 2. The van der Waals surface area contributed by atoms with Crippen LogP contribution in [0.4, 0.5) is 19.1 Å². The van der Waals surface area contributed by atoms with E-state index in [1.54, 1.807) is 23.3 Å². The van der Waals surface area contributed by atoms with Crippen LogP contribution in [0, 0.1) is 0 Å². The maximum atomic E-state index is 12.4. The van der Waals surface area contributed by atoms with Crippen molar-refractivity contribution in [3.63, 3.8) is 0 Å². The SMILES string of the molecule is O=C(Nc1n[nH]c(C(F)(F)F)n1)c1ccc(COc2cccc(Br)c2)o1. The molecular formula is C15H10BrF3N4O3. The van der Waals surface area contributed by atoms with Gasteiger partial charge in [-0.1, -0.05) is 22.0 Å². The zero-order valence-electron chi connectivity index (χ0n) is 12.8. The third-order valence-corrected chi connectivity index (χ3v) is 3.54. The van der Waals surface area contributed by atoms with Crippen LogP contribution in [0.15, 0.2) is 45.3 Å². The molecule has 7 nitrogen and oxygen atoms in total. The lowest BCUT2D eigenvalue weighted by Crippen LogP contribution is -2.12. The summed E-state index contributed by atoms with van der Waals surface area (Å²) in [6.07, 6.45) is -4.68. The summed E-state index contributed by atoms with van der Waals surface area (Å²) < 4.78 is 49.0. The molecule has 0 fully saturated rings. The van der Waals surface area contributed by atoms with E-state index in [-0.39, 0.29) is 12.4 Å². The Labute approximate surface area is 152 Å². The fourth-order valence-corrected chi connectivity index (χ4v) is 2.27. The van der Waals surface area contributed by atoms with Crippen LogP contribution in [0.3, 0.4) is 0 Å². The van der Waals surface area contributed by atoms with Crippen molar-refractivity contribution in [2.45, 2.75) is 12.8 Å². The molecule has 0 atom stereocenters. The summed E-state index contributed by atoms with van der Waals surface area (Å²) in [7, 11) is 0. The van der Waals surface area contributed by atoms with Gasteiger partial charge in [0, 0.05) is 4.47 Å². The van der Waals surface area contributed by atoms with Crippen LogP contribution in [-0.2, 0) is 12.8 Å². The van der Waals surface area contributed by atoms with Crippen LogP contribution in [0.1, 0.15) is 22.1 Å². The number of hydrogen-bond acceptors (Lipinski definition) is 5. The van der Waals surface area contributed by atoms with Crippen molar-refractivity contribution in [3.8, 4) is 5.75 Å². The number of aromatic amines is 1. The Morgan fingerprint density at radius 2 is 2.12 bits per heavy atom. The van der Waals surface area contributed by atoms with E-state index in [9.17, 15) is 18.0 Å². The molecule has 0 unspecified atom stereocenters. The van der Waals surface area contributed by atoms with Crippen molar-refractivity contribution in [2.24, 2.45) is 0 Å². The third-order valence-electron chi connectivity index (χ3n) is 3.04. The highest BCUT2D eigenvalue weighted by Crippen LogP contribution is 2.26. The number of carbonyl (C=O) groups excluding carboxylic acids is 1. The third kappa shape index (κ3) is 4.42. The molecule has 0 aliphatic carbocycles. The van der Waals surface area contributed by atoms with E-state index < -0.39 is 23.9 Å². The molecule has 136 valence electrons. The van der Waals surface area contributed by atoms with Gasteiger partial charge in [0.2, 0.25) is 11.8 Å².